The molecule has 0 spiro atoms. The van der Waals surface area contributed by atoms with Crippen LogP contribution in [0.25, 0.3) is 0 Å². The minimum absolute atomic E-state index is 0.377. The van der Waals surface area contributed by atoms with Gasteiger partial charge in [0, 0.05) is 12.6 Å². The highest BCUT2D eigenvalue weighted by Gasteiger charge is 2.23. The Balaban J connectivity index is 2.07. The standard InChI is InChI=1S/C12H19FN4/c1-14-6-5-11-4-2-3-7-17(11)12-15-8-10(13)9-16-12/h8-9,11,14H,2-7H2,1H3. The molecule has 1 aromatic heterocycles. The quantitative estimate of drug-likeness (QED) is 0.864. The van der Waals surface area contributed by atoms with Crippen LogP contribution >= 0.6 is 0 Å². The Labute approximate surface area is 101 Å². The maximum atomic E-state index is 12.8. The van der Waals surface area contributed by atoms with Crippen LogP contribution in [0.1, 0.15) is 25.7 Å². The van der Waals surface area contributed by atoms with Crippen LogP contribution in [-0.4, -0.2) is 36.1 Å². The fourth-order valence-electron chi connectivity index (χ4n) is 2.33. The highest BCUT2D eigenvalue weighted by molar-refractivity contribution is 5.31. The van der Waals surface area contributed by atoms with Crippen molar-refractivity contribution in [2.24, 2.45) is 0 Å². The summed E-state index contributed by atoms with van der Waals surface area (Å²) in [6, 6.07) is 0.474. The molecule has 5 heteroatoms. The van der Waals surface area contributed by atoms with Crippen LogP contribution < -0.4 is 10.2 Å². The van der Waals surface area contributed by atoms with Gasteiger partial charge in [-0.25, -0.2) is 14.4 Å². The van der Waals surface area contributed by atoms with Gasteiger partial charge in [-0.3, -0.25) is 0 Å². The Morgan fingerprint density at radius 2 is 2.18 bits per heavy atom. The molecular formula is C12H19FN4. The van der Waals surface area contributed by atoms with E-state index in [0.717, 1.165) is 25.9 Å². The monoisotopic (exact) mass is 238 g/mol. The first-order chi connectivity index (χ1) is 8.31. The lowest BCUT2D eigenvalue weighted by molar-refractivity contribution is 0.426. The molecule has 17 heavy (non-hydrogen) atoms. The highest BCUT2D eigenvalue weighted by Crippen LogP contribution is 2.23. The number of nitrogens with zero attached hydrogens (tertiary/aromatic N) is 3. The molecule has 2 heterocycles. The second-order valence-electron chi connectivity index (χ2n) is 4.44. The summed E-state index contributed by atoms with van der Waals surface area (Å²) < 4.78 is 12.8. The van der Waals surface area contributed by atoms with Crippen molar-refractivity contribution >= 4 is 5.95 Å². The van der Waals surface area contributed by atoms with Gasteiger partial charge in [0.25, 0.3) is 0 Å². The highest BCUT2D eigenvalue weighted by atomic mass is 19.1. The van der Waals surface area contributed by atoms with Gasteiger partial charge in [0.1, 0.15) is 0 Å². The smallest absolute Gasteiger partial charge is 0.225 e. The van der Waals surface area contributed by atoms with Gasteiger partial charge < -0.3 is 10.2 Å². The second kappa shape index (κ2) is 5.91. The zero-order valence-corrected chi connectivity index (χ0v) is 10.2. The third-order valence-electron chi connectivity index (χ3n) is 3.22. The maximum absolute atomic E-state index is 12.8. The summed E-state index contributed by atoms with van der Waals surface area (Å²) in [7, 11) is 1.96. The molecule has 1 saturated heterocycles. The SMILES string of the molecule is CNCCC1CCCCN1c1ncc(F)cn1. The average molecular weight is 238 g/mol. The van der Waals surface area contributed by atoms with Crippen molar-refractivity contribution in [3.63, 3.8) is 0 Å². The fourth-order valence-corrected chi connectivity index (χ4v) is 2.33. The minimum Gasteiger partial charge on any atom is -0.338 e. The van der Waals surface area contributed by atoms with E-state index in [4.69, 9.17) is 0 Å². The summed E-state index contributed by atoms with van der Waals surface area (Å²) in [5, 5.41) is 3.17. The Hall–Kier alpha value is -1.23. The summed E-state index contributed by atoms with van der Waals surface area (Å²) in [6.07, 6.45) is 7.15. The molecular weight excluding hydrogens is 219 g/mol. The lowest BCUT2D eigenvalue weighted by Gasteiger charge is -2.35. The minimum atomic E-state index is -0.377. The predicted octanol–water partition coefficient (Wildman–Crippen LogP) is 1.58. The number of anilines is 1. The van der Waals surface area contributed by atoms with Gasteiger partial charge in [-0.2, -0.15) is 0 Å². The van der Waals surface area contributed by atoms with E-state index >= 15 is 0 Å². The number of aromatic nitrogens is 2. The van der Waals surface area contributed by atoms with E-state index < -0.39 is 0 Å². The van der Waals surface area contributed by atoms with E-state index in [1.54, 1.807) is 0 Å². The van der Waals surface area contributed by atoms with E-state index in [-0.39, 0.29) is 5.82 Å². The van der Waals surface area contributed by atoms with Crippen molar-refractivity contribution < 1.29 is 4.39 Å². The van der Waals surface area contributed by atoms with Crippen LogP contribution in [0.15, 0.2) is 12.4 Å². The normalized spacial score (nSPS) is 20.6. The molecule has 4 nitrogen and oxygen atoms in total. The van der Waals surface area contributed by atoms with Crippen molar-refractivity contribution in [1.29, 1.82) is 0 Å². The van der Waals surface area contributed by atoms with E-state index in [1.165, 1.54) is 25.2 Å². The summed E-state index contributed by atoms with van der Waals surface area (Å²) >= 11 is 0. The molecule has 1 aliphatic rings. The van der Waals surface area contributed by atoms with E-state index in [0.29, 0.717) is 12.0 Å². The van der Waals surface area contributed by atoms with Gasteiger partial charge in [-0.15, -0.1) is 0 Å². The Bertz CT molecular complexity index is 341. The van der Waals surface area contributed by atoms with Crippen molar-refractivity contribution in [3.8, 4) is 0 Å². The van der Waals surface area contributed by atoms with Crippen LogP contribution in [-0.2, 0) is 0 Å². The molecule has 0 saturated carbocycles. The molecule has 1 unspecified atom stereocenters. The molecule has 1 aliphatic heterocycles. The summed E-state index contributed by atoms with van der Waals surface area (Å²) in [5.74, 6) is 0.282. The van der Waals surface area contributed by atoms with Crippen LogP contribution in [0.5, 0.6) is 0 Å². The number of halogens is 1. The van der Waals surface area contributed by atoms with Crippen LogP contribution in [0.2, 0.25) is 0 Å². The zero-order chi connectivity index (χ0) is 12.1. The molecule has 1 aromatic rings. The predicted molar refractivity (Wildman–Crippen MR) is 65.5 cm³/mol. The molecule has 1 atom stereocenters. The van der Waals surface area contributed by atoms with Crippen LogP contribution in [0.4, 0.5) is 10.3 Å². The van der Waals surface area contributed by atoms with Crippen molar-refractivity contribution in [1.82, 2.24) is 15.3 Å². The van der Waals surface area contributed by atoms with Gasteiger partial charge in [0.05, 0.1) is 12.4 Å². The second-order valence-corrected chi connectivity index (χ2v) is 4.44. The Morgan fingerprint density at radius 3 is 2.88 bits per heavy atom. The number of nitrogens with one attached hydrogen (secondary N) is 1. The molecule has 2 rings (SSSR count). The molecule has 0 radical (unpaired) electrons. The lowest BCUT2D eigenvalue weighted by atomic mass is 10.00. The molecule has 1 fully saturated rings. The molecule has 1 N–H and O–H groups in total. The third-order valence-corrected chi connectivity index (χ3v) is 3.22. The number of hydrogen-bond acceptors (Lipinski definition) is 4. The largest absolute Gasteiger partial charge is 0.338 e. The first-order valence-electron chi connectivity index (χ1n) is 6.20. The van der Waals surface area contributed by atoms with Crippen LogP contribution in [0.3, 0.4) is 0 Å². The van der Waals surface area contributed by atoms with Gasteiger partial charge in [-0.05, 0) is 39.3 Å². The topological polar surface area (TPSA) is 41.0 Å². The van der Waals surface area contributed by atoms with Crippen molar-refractivity contribution in [2.45, 2.75) is 31.7 Å². The van der Waals surface area contributed by atoms with E-state index in [2.05, 4.69) is 20.2 Å². The summed E-state index contributed by atoms with van der Waals surface area (Å²) in [6.45, 7) is 1.96. The van der Waals surface area contributed by atoms with Crippen LogP contribution in [0, 0.1) is 5.82 Å². The first kappa shape index (κ1) is 12.2. The van der Waals surface area contributed by atoms with Gasteiger partial charge >= 0.3 is 0 Å². The van der Waals surface area contributed by atoms with Crippen molar-refractivity contribution in [2.75, 3.05) is 25.0 Å². The zero-order valence-electron chi connectivity index (χ0n) is 10.2. The van der Waals surface area contributed by atoms with E-state index in [1.807, 2.05) is 7.05 Å². The lowest BCUT2D eigenvalue weighted by Crippen LogP contribution is -2.42. The molecule has 0 amide bonds. The molecule has 0 bridgehead atoms. The van der Waals surface area contributed by atoms with E-state index in [9.17, 15) is 4.39 Å². The number of piperidine rings is 1. The Morgan fingerprint density at radius 1 is 1.41 bits per heavy atom. The van der Waals surface area contributed by atoms with Crippen molar-refractivity contribution in [3.05, 3.63) is 18.2 Å². The summed E-state index contributed by atoms with van der Waals surface area (Å²) in [4.78, 5) is 10.4. The first-order valence-corrected chi connectivity index (χ1v) is 6.20. The molecule has 94 valence electrons. The van der Waals surface area contributed by atoms with Gasteiger partial charge in [0.15, 0.2) is 5.82 Å². The Kier molecular flexibility index (Phi) is 4.25. The average Bonchev–Trinajstić information content (AvgIpc) is 2.38. The number of rotatable bonds is 4. The van der Waals surface area contributed by atoms with Gasteiger partial charge in [0.2, 0.25) is 5.95 Å². The molecule has 0 aromatic carbocycles. The fraction of sp³-hybridized carbons (Fsp3) is 0.667. The van der Waals surface area contributed by atoms with Gasteiger partial charge in [-0.1, -0.05) is 0 Å². The molecule has 0 aliphatic carbocycles. The summed E-state index contributed by atoms with van der Waals surface area (Å²) in [5.41, 5.74) is 0. The third kappa shape index (κ3) is 3.12. The maximum Gasteiger partial charge on any atom is 0.225 e. The number of hydrogen-bond donors (Lipinski definition) is 1.